The fourth-order valence-electron chi connectivity index (χ4n) is 2.15. The van der Waals surface area contributed by atoms with Gasteiger partial charge in [0.1, 0.15) is 0 Å². The molecule has 1 aromatic rings. The van der Waals surface area contributed by atoms with E-state index in [0.29, 0.717) is 6.42 Å². The van der Waals surface area contributed by atoms with Gasteiger partial charge in [0.25, 0.3) is 0 Å². The Morgan fingerprint density at radius 3 is 2.65 bits per heavy atom. The van der Waals surface area contributed by atoms with Gasteiger partial charge in [-0.25, -0.2) is 0 Å². The summed E-state index contributed by atoms with van der Waals surface area (Å²) in [4.78, 5) is 12.5. The minimum atomic E-state index is -0.380. The molecule has 1 saturated heterocycles. The van der Waals surface area contributed by atoms with Crippen molar-refractivity contribution in [3.63, 3.8) is 0 Å². The molecule has 0 spiro atoms. The molecule has 0 unspecified atom stereocenters. The van der Waals surface area contributed by atoms with Crippen LogP contribution in [0.5, 0.6) is 0 Å². The van der Waals surface area contributed by atoms with E-state index in [1.165, 1.54) is 0 Å². The third-order valence-electron chi connectivity index (χ3n) is 3.05. The molecule has 1 aliphatic rings. The van der Waals surface area contributed by atoms with E-state index in [1.54, 1.807) is 11.4 Å². The van der Waals surface area contributed by atoms with Crippen LogP contribution >= 0.6 is 36.2 Å². The van der Waals surface area contributed by atoms with Crippen LogP contribution in [0, 0.1) is 21.4 Å². The number of piperazine rings is 1. The van der Waals surface area contributed by atoms with Gasteiger partial charge in [0, 0.05) is 43.7 Å². The van der Waals surface area contributed by atoms with E-state index in [-0.39, 0.29) is 40.8 Å². The normalized spacial score (nSPS) is 16.4. The number of nitriles is 1. The second kappa shape index (κ2) is 9.10. The first-order valence-electron chi connectivity index (χ1n) is 5.77. The lowest BCUT2D eigenvalue weighted by molar-refractivity contribution is -0.380. The molecule has 1 fully saturated rings. The number of rotatable bonds is 4. The van der Waals surface area contributed by atoms with E-state index in [1.807, 2.05) is 0 Å². The smallest absolute Gasteiger partial charge is 0.314 e. The van der Waals surface area contributed by atoms with Crippen molar-refractivity contribution in [1.29, 1.82) is 5.26 Å². The minimum absolute atomic E-state index is 0. The Labute approximate surface area is 133 Å². The van der Waals surface area contributed by atoms with Crippen molar-refractivity contribution in [1.82, 2.24) is 10.2 Å². The zero-order valence-corrected chi connectivity index (χ0v) is 13.1. The van der Waals surface area contributed by atoms with Gasteiger partial charge in [0.2, 0.25) is 0 Å². The summed E-state index contributed by atoms with van der Waals surface area (Å²) in [5.74, 6) is 0. The van der Waals surface area contributed by atoms with Crippen LogP contribution < -0.4 is 5.32 Å². The molecule has 2 heterocycles. The van der Waals surface area contributed by atoms with Crippen LogP contribution in [0.3, 0.4) is 0 Å². The molecule has 0 radical (unpaired) electrons. The average Bonchev–Trinajstić information content (AvgIpc) is 2.86. The quantitative estimate of drug-likeness (QED) is 0.673. The highest BCUT2D eigenvalue weighted by Gasteiger charge is 2.24. The van der Waals surface area contributed by atoms with Gasteiger partial charge >= 0.3 is 5.00 Å². The Balaban J connectivity index is 0.00000180. The van der Waals surface area contributed by atoms with Crippen LogP contribution in [-0.4, -0.2) is 36.0 Å². The summed E-state index contributed by atoms with van der Waals surface area (Å²) in [5, 5.41) is 24.8. The van der Waals surface area contributed by atoms with Crippen LogP contribution in [0.1, 0.15) is 18.0 Å². The summed E-state index contributed by atoms with van der Waals surface area (Å²) in [6, 6.07) is 3.74. The summed E-state index contributed by atoms with van der Waals surface area (Å²) in [5.41, 5.74) is 0.884. The number of halogens is 2. The molecule has 20 heavy (non-hydrogen) atoms. The lowest BCUT2D eigenvalue weighted by Gasteiger charge is -2.33. The van der Waals surface area contributed by atoms with Gasteiger partial charge in [-0.15, -0.1) is 24.8 Å². The lowest BCUT2D eigenvalue weighted by atomic mass is 10.1. The molecular weight excluding hydrogens is 323 g/mol. The number of nitro groups is 1. The monoisotopic (exact) mass is 338 g/mol. The van der Waals surface area contributed by atoms with E-state index in [9.17, 15) is 10.1 Å². The molecule has 2 rings (SSSR count). The summed E-state index contributed by atoms with van der Waals surface area (Å²) in [6.07, 6.45) is 0.369. The third kappa shape index (κ3) is 4.58. The molecule has 6 nitrogen and oxygen atoms in total. The highest BCUT2D eigenvalue weighted by molar-refractivity contribution is 7.13. The maximum atomic E-state index is 10.7. The number of hydrogen-bond donors (Lipinski definition) is 1. The predicted octanol–water partition coefficient (Wildman–Crippen LogP) is 2.36. The van der Waals surface area contributed by atoms with Crippen molar-refractivity contribution in [2.45, 2.75) is 12.5 Å². The fraction of sp³-hybridized carbons (Fsp3) is 0.545. The fourth-order valence-corrected chi connectivity index (χ4v) is 2.92. The van der Waals surface area contributed by atoms with Gasteiger partial charge in [-0.3, -0.25) is 15.0 Å². The van der Waals surface area contributed by atoms with Crippen molar-refractivity contribution in [2.24, 2.45) is 0 Å². The molecule has 0 saturated carbocycles. The predicted molar refractivity (Wildman–Crippen MR) is 82.9 cm³/mol. The standard InChI is InChI=1S/C11H14N4O2S.2ClH/c12-2-1-10(14-5-3-13-4-6-14)9-7-11(15(16)17)18-8-9;;/h7-8,10,13H,1,3-6H2;2*1H/t10-;;/m0../s1. The molecular formula is C11H16Cl2N4O2S. The molecule has 0 aromatic carbocycles. The van der Waals surface area contributed by atoms with Crippen LogP contribution in [0.4, 0.5) is 5.00 Å². The average molecular weight is 339 g/mol. The summed E-state index contributed by atoms with van der Waals surface area (Å²) < 4.78 is 0. The van der Waals surface area contributed by atoms with Crippen LogP contribution in [-0.2, 0) is 0 Å². The van der Waals surface area contributed by atoms with Crippen molar-refractivity contribution < 1.29 is 4.92 Å². The van der Waals surface area contributed by atoms with Crippen LogP contribution in [0.25, 0.3) is 0 Å². The number of hydrogen-bond acceptors (Lipinski definition) is 6. The zero-order chi connectivity index (χ0) is 13.0. The Morgan fingerprint density at radius 1 is 1.50 bits per heavy atom. The highest BCUT2D eigenvalue weighted by Crippen LogP contribution is 2.31. The Kier molecular flexibility index (Phi) is 8.69. The summed E-state index contributed by atoms with van der Waals surface area (Å²) in [7, 11) is 0. The van der Waals surface area contributed by atoms with Crippen molar-refractivity contribution >= 4 is 41.2 Å². The second-order valence-corrected chi connectivity index (χ2v) is 5.03. The van der Waals surface area contributed by atoms with Crippen molar-refractivity contribution in [3.05, 3.63) is 27.1 Å². The molecule has 1 aromatic heterocycles. The molecule has 112 valence electrons. The van der Waals surface area contributed by atoms with E-state index in [0.717, 1.165) is 43.1 Å². The number of thiophene rings is 1. The molecule has 0 amide bonds. The maximum Gasteiger partial charge on any atom is 0.324 e. The Hall–Kier alpha value is -0.910. The Bertz CT molecular complexity index is 471. The minimum Gasteiger partial charge on any atom is -0.314 e. The van der Waals surface area contributed by atoms with Crippen LogP contribution in [0.2, 0.25) is 0 Å². The van der Waals surface area contributed by atoms with Gasteiger partial charge in [0.05, 0.1) is 17.4 Å². The van der Waals surface area contributed by atoms with Gasteiger partial charge < -0.3 is 5.32 Å². The van der Waals surface area contributed by atoms with Gasteiger partial charge in [-0.2, -0.15) is 5.26 Å². The topological polar surface area (TPSA) is 82.2 Å². The number of nitrogens with zero attached hydrogens (tertiary/aromatic N) is 3. The molecule has 1 N–H and O–H groups in total. The molecule has 1 aliphatic heterocycles. The molecule has 9 heteroatoms. The summed E-state index contributed by atoms with van der Waals surface area (Å²) in [6.45, 7) is 3.54. The largest absolute Gasteiger partial charge is 0.324 e. The lowest BCUT2D eigenvalue weighted by Crippen LogP contribution is -2.45. The van der Waals surface area contributed by atoms with E-state index >= 15 is 0 Å². The molecule has 0 bridgehead atoms. The van der Waals surface area contributed by atoms with Crippen molar-refractivity contribution in [3.8, 4) is 6.07 Å². The highest BCUT2D eigenvalue weighted by atomic mass is 35.5. The maximum absolute atomic E-state index is 10.7. The van der Waals surface area contributed by atoms with Gasteiger partial charge in [0.15, 0.2) is 0 Å². The first-order valence-corrected chi connectivity index (χ1v) is 6.65. The van der Waals surface area contributed by atoms with Gasteiger partial charge in [-0.05, 0) is 5.56 Å². The van der Waals surface area contributed by atoms with Crippen molar-refractivity contribution in [2.75, 3.05) is 26.2 Å². The summed E-state index contributed by atoms with van der Waals surface area (Å²) >= 11 is 1.13. The second-order valence-electron chi connectivity index (χ2n) is 4.14. The first kappa shape index (κ1) is 19.1. The molecule has 0 aliphatic carbocycles. The molecule has 1 atom stereocenters. The van der Waals surface area contributed by atoms with E-state index in [4.69, 9.17) is 5.26 Å². The van der Waals surface area contributed by atoms with E-state index in [2.05, 4.69) is 16.3 Å². The first-order chi connectivity index (χ1) is 8.72. The SMILES string of the molecule is Cl.Cl.N#CC[C@@H](c1csc([N+](=O)[O-])c1)N1CCNCC1. The van der Waals surface area contributed by atoms with Gasteiger partial charge in [-0.1, -0.05) is 11.3 Å². The Morgan fingerprint density at radius 2 is 2.15 bits per heavy atom. The third-order valence-corrected chi connectivity index (χ3v) is 3.95. The van der Waals surface area contributed by atoms with E-state index < -0.39 is 0 Å². The number of nitrogens with one attached hydrogen (secondary N) is 1. The zero-order valence-electron chi connectivity index (χ0n) is 10.7. The van der Waals surface area contributed by atoms with Crippen LogP contribution in [0.15, 0.2) is 11.4 Å².